The van der Waals surface area contributed by atoms with Crippen molar-refractivity contribution >= 4 is 41.2 Å². The first-order valence-corrected chi connectivity index (χ1v) is 16.4. The molecular weight excluding hydrogens is 662 g/mol. The number of allylic oxidation sites excluding steroid dienone is 1. The quantitative estimate of drug-likeness (QED) is 0.112. The predicted octanol–water partition coefficient (Wildman–Crippen LogP) is 1.82. The number of ether oxygens (including phenoxy) is 1. The van der Waals surface area contributed by atoms with E-state index in [-0.39, 0.29) is 49.4 Å². The maximum absolute atomic E-state index is 14.3. The number of carbonyl (C=O) groups excluding carboxylic acids is 5. The second kappa shape index (κ2) is 14.1. The zero-order valence-corrected chi connectivity index (χ0v) is 29.0. The Hall–Kier alpha value is -5.41. The monoisotopic (exact) mass is 705 g/mol. The van der Waals surface area contributed by atoms with Crippen molar-refractivity contribution in [3.8, 4) is 5.75 Å². The van der Waals surface area contributed by atoms with Crippen molar-refractivity contribution in [2.75, 3.05) is 51.5 Å². The Bertz CT molecular complexity index is 1840. The number of ketones is 2. The third-order valence-electron chi connectivity index (χ3n) is 9.84. The minimum absolute atomic E-state index is 0.000982. The average molecular weight is 706 g/mol. The van der Waals surface area contributed by atoms with Crippen LogP contribution in [-0.2, 0) is 32.1 Å². The summed E-state index contributed by atoms with van der Waals surface area (Å²) in [6, 6.07) is 8.99. The molecular formula is C36H43N5O10. The number of rotatable bonds is 11. The van der Waals surface area contributed by atoms with Gasteiger partial charge in [-0.05, 0) is 57.0 Å². The molecule has 0 aromatic heterocycles. The Morgan fingerprint density at radius 2 is 1.78 bits per heavy atom. The van der Waals surface area contributed by atoms with Gasteiger partial charge in [-0.25, -0.2) is 4.79 Å². The van der Waals surface area contributed by atoms with E-state index in [2.05, 4.69) is 5.32 Å². The number of nitrogens with one attached hydrogen (secondary N) is 1. The number of benzene rings is 2. The molecule has 0 saturated heterocycles. The van der Waals surface area contributed by atoms with Crippen molar-refractivity contribution in [1.29, 1.82) is 0 Å². The Morgan fingerprint density at radius 1 is 1.12 bits per heavy atom. The van der Waals surface area contributed by atoms with Crippen LogP contribution in [-0.4, -0.2) is 119 Å². The third kappa shape index (κ3) is 6.38. The molecule has 2 aromatic rings. The van der Waals surface area contributed by atoms with E-state index in [0.29, 0.717) is 17.5 Å². The van der Waals surface area contributed by atoms with Crippen molar-refractivity contribution in [1.82, 2.24) is 9.80 Å². The summed E-state index contributed by atoms with van der Waals surface area (Å²) in [7, 11) is 6.63. The Labute approximate surface area is 294 Å². The average Bonchev–Trinajstić information content (AvgIpc) is 3.06. The molecule has 0 spiro atoms. The summed E-state index contributed by atoms with van der Waals surface area (Å²) in [5.74, 6) is -7.39. The van der Waals surface area contributed by atoms with E-state index in [1.807, 2.05) is 6.07 Å². The molecule has 3 aliphatic rings. The minimum Gasteiger partial charge on any atom is -0.510 e. The number of likely N-dealkylation sites (N-methyl/N-ethyl adjacent to an activating group) is 1. The fourth-order valence-corrected chi connectivity index (χ4v) is 7.57. The van der Waals surface area contributed by atoms with Crippen molar-refractivity contribution < 1.29 is 49.1 Å². The lowest BCUT2D eigenvalue weighted by atomic mass is 9.58. The number of nitrogens with zero attached hydrogens (tertiary/aromatic N) is 3. The predicted molar refractivity (Wildman–Crippen MR) is 185 cm³/mol. The van der Waals surface area contributed by atoms with Gasteiger partial charge in [0, 0.05) is 43.9 Å². The van der Waals surface area contributed by atoms with Crippen LogP contribution >= 0.6 is 0 Å². The lowest BCUT2D eigenvalue weighted by Gasteiger charge is -2.50. The number of hydrogen-bond acceptors (Lipinski definition) is 13. The number of aldehydes is 1. The molecule has 5 rings (SSSR count). The molecule has 51 heavy (non-hydrogen) atoms. The Morgan fingerprint density at radius 3 is 2.37 bits per heavy atom. The topological polar surface area (TPSA) is 223 Å². The third-order valence-corrected chi connectivity index (χ3v) is 9.84. The fraction of sp³-hybridized carbons (Fsp3) is 0.417. The van der Waals surface area contributed by atoms with Crippen LogP contribution in [0.3, 0.4) is 0 Å². The molecule has 15 heteroatoms. The number of fused-ring (bicyclic) bond motifs is 3. The van der Waals surface area contributed by atoms with Crippen LogP contribution in [0, 0.1) is 11.8 Å². The van der Waals surface area contributed by atoms with Crippen LogP contribution in [0.5, 0.6) is 5.75 Å². The maximum Gasteiger partial charge on any atom is 0.410 e. The first-order valence-electron chi connectivity index (χ1n) is 16.4. The lowest BCUT2D eigenvalue weighted by molar-refractivity contribution is -0.148. The highest BCUT2D eigenvalue weighted by Gasteiger charge is 2.63. The van der Waals surface area contributed by atoms with Crippen molar-refractivity contribution in [2.45, 2.75) is 44.1 Å². The smallest absolute Gasteiger partial charge is 0.410 e. The van der Waals surface area contributed by atoms with E-state index in [9.17, 15) is 44.4 Å². The number of phenols is 1. The molecule has 7 N–H and O–H groups in total. The van der Waals surface area contributed by atoms with E-state index in [0.717, 1.165) is 5.56 Å². The van der Waals surface area contributed by atoms with Crippen LogP contribution in [0.2, 0.25) is 0 Å². The molecule has 15 nitrogen and oxygen atoms in total. The van der Waals surface area contributed by atoms with Gasteiger partial charge in [0.2, 0.25) is 5.78 Å². The van der Waals surface area contributed by atoms with E-state index < -0.39 is 75.9 Å². The summed E-state index contributed by atoms with van der Waals surface area (Å²) in [5, 5.41) is 49.2. The molecule has 0 bridgehead atoms. The van der Waals surface area contributed by atoms with Gasteiger partial charge in [-0.2, -0.15) is 0 Å². The van der Waals surface area contributed by atoms with Crippen LogP contribution in [0.4, 0.5) is 16.2 Å². The zero-order valence-electron chi connectivity index (χ0n) is 29.0. The van der Waals surface area contributed by atoms with Gasteiger partial charge in [0.25, 0.3) is 5.91 Å². The van der Waals surface area contributed by atoms with Crippen molar-refractivity contribution in [3.05, 3.63) is 75.8 Å². The molecule has 0 aliphatic heterocycles. The number of hydrogen-bond donors (Lipinski definition) is 6. The number of aromatic hydroxyl groups is 1. The Balaban J connectivity index is 1.49. The second-order valence-corrected chi connectivity index (χ2v) is 13.7. The van der Waals surface area contributed by atoms with Crippen molar-refractivity contribution in [3.63, 3.8) is 0 Å². The number of Topliss-reactive ketones (excluding diaryl/α,β-unsaturated/α-hetero) is 2. The normalized spacial score (nSPS) is 23.2. The standard InChI is InChI=1S/C36H43N5O10/c1-18(16-41(11-12-42)35(49)51-17-19-9-7-6-8-10-19)38-23-15-24(39(2)3)21-13-20-14-22-28(40(4)5)31(45)27(34(37)48)33(47)36(22,50)32(46)25(20)30(44)26(21)29(23)43/h6-10,12,15,18,20,22,28,38,43,45-46,50H,11,13-14,16-17H2,1-5H3,(H2,37,48)/t18?,20-,22-,28-,36-/m0/s1. The molecule has 2 aromatic carbocycles. The van der Waals surface area contributed by atoms with Gasteiger partial charge in [0.05, 0.1) is 23.8 Å². The number of nitrogens with two attached hydrogens (primary N) is 1. The molecule has 5 atom stereocenters. The first-order chi connectivity index (χ1) is 24.0. The number of amides is 2. The summed E-state index contributed by atoms with van der Waals surface area (Å²) in [5.41, 5.74) is 3.23. The van der Waals surface area contributed by atoms with Gasteiger partial charge in [-0.1, -0.05) is 30.3 Å². The Kier molecular flexibility index (Phi) is 10.2. The number of anilines is 2. The summed E-state index contributed by atoms with van der Waals surface area (Å²) in [4.78, 5) is 69.0. The van der Waals surface area contributed by atoms with Crippen LogP contribution in [0.25, 0.3) is 0 Å². The van der Waals surface area contributed by atoms with Gasteiger partial charge in [0.15, 0.2) is 11.4 Å². The molecule has 272 valence electrons. The molecule has 0 saturated carbocycles. The number of primary amides is 1. The van der Waals surface area contributed by atoms with E-state index in [1.165, 1.54) is 9.80 Å². The van der Waals surface area contributed by atoms with E-state index in [1.54, 1.807) is 70.3 Å². The first kappa shape index (κ1) is 36.9. The van der Waals surface area contributed by atoms with Gasteiger partial charge < -0.3 is 45.9 Å². The van der Waals surface area contributed by atoms with Crippen molar-refractivity contribution in [2.24, 2.45) is 17.6 Å². The largest absolute Gasteiger partial charge is 0.510 e. The van der Waals surface area contributed by atoms with Gasteiger partial charge in [-0.15, -0.1) is 0 Å². The number of aliphatic hydroxyl groups is 3. The van der Waals surface area contributed by atoms with Gasteiger partial charge in [0.1, 0.15) is 35.7 Å². The van der Waals surface area contributed by atoms with E-state index >= 15 is 0 Å². The SMILES string of the molecule is CC(CN(CC=O)C(=O)OCc1ccccc1)Nc1cc(N(C)C)c2c(c1O)C(=O)C1=C(O)[C@]3(O)C(=O)C(C(N)=O)=C(O)[C@@H](N(C)C)[C@@H]3C[C@@H]1C2. The van der Waals surface area contributed by atoms with E-state index in [4.69, 9.17) is 10.5 Å². The molecule has 0 fully saturated rings. The highest BCUT2D eigenvalue weighted by atomic mass is 16.6. The molecule has 0 heterocycles. The summed E-state index contributed by atoms with van der Waals surface area (Å²) < 4.78 is 5.40. The van der Waals surface area contributed by atoms with Gasteiger partial charge >= 0.3 is 6.09 Å². The van der Waals surface area contributed by atoms with Crippen LogP contribution in [0.15, 0.2) is 59.1 Å². The molecule has 0 radical (unpaired) electrons. The minimum atomic E-state index is -2.76. The lowest BCUT2D eigenvalue weighted by Crippen LogP contribution is -2.63. The number of phenolic OH excluding ortho intramolecular Hbond substituents is 1. The number of aliphatic hydroxyl groups excluding tert-OH is 2. The molecule has 2 amide bonds. The highest BCUT2D eigenvalue weighted by molar-refractivity contribution is 6.25. The number of carbonyl (C=O) groups is 5. The molecule has 3 aliphatic carbocycles. The summed E-state index contributed by atoms with van der Waals surface area (Å²) in [6.45, 7) is 1.43. The molecule has 1 unspecified atom stereocenters. The second-order valence-electron chi connectivity index (χ2n) is 13.7. The summed E-state index contributed by atoms with van der Waals surface area (Å²) >= 11 is 0. The zero-order chi connectivity index (χ0) is 37.5. The van der Waals surface area contributed by atoms with Crippen LogP contribution < -0.4 is 16.0 Å². The highest BCUT2D eigenvalue weighted by Crippen LogP contribution is 2.54. The fourth-order valence-electron chi connectivity index (χ4n) is 7.57. The maximum atomic E-state index is 14.3. The van der Waals surface area contributed by atoms with Crippen LogP contribution in [0.1, 0.15) is 34.8 Å². The van der Waals surface area contributed by atoms with Gasteiger partial charge in [-0.3, -0.25) is 24.2 Å². The summed E-state index contributed by atoms with van der Waals surface area (Å²) in [6.07, 6.45) is -0.0808.